The molecule has 4 rings (SSSR count). The summed E-state index contributed by atoms with van der Waals surface area (Å²) in [4.78, 5) is 28.4. The summed E-state index contributed by atoms with van der Waals surface area (Å²) in [6, 6.07) is 11.2. The molecule has 2 aromatic carbocycles. The summed E-state index contributed by atoms with van der Waals surface area (Å²) in [6.45, 7) is 5.68. The number of nitrogens with one attached hydrogen (secondary N) is 1. The van der Waals surface area contributed by atoms with Gasteiger partial charge in [-0.2, -0.15) is 4.31 Å². The molecule has 2 N–H and O–H groups in total. The van der Waals surface area contributed by atoms with Gasteiger partial charge in [0.2, 0.25) is 15.9 Å². The molecule has 1 aliphatic carbocycles. The number of nitrogens with zero attached hydrogens (tertiary/aromatic N) is 2. The molecule has 2 aromatic rings. The summed E-state index contributed by atoms with van der Waals surface area (Å²) in [6.07, 6.45) is 4.37. The SMILES string of the molecule is Cc1ccc(S(=O)(=O)N(C)C[C@H]2Oc3ccc(NC(=O)C4CCCCC4)cc3C(=O)N([C@@H](C)CO)C[C@@H]2C)cc1. The quantitative estimate of drug-likeness (QED) is 0.494. The van der Waals surface area contributed by atoms with Crippen LogP contribution in [0.4, 0.5) is 5.69 Å². The van der Waals surface area contributed by atoms with Crippen LogP contribution in [0.25, 0.3) is 0 Å². The van der Waals surface area contributed by atoms with Crippen LogP contribution in [0, 0.1) is 18.8 Å². The Balaban J connectivity index is 1.62. The van der Waals surface area contributed by atoms with Crippen LogP contribution < -0.4 is 10.1 Å². The highest BCUT2D eigenvalue weighted by Gasteiger charge is 2.35. The summed E-state index contributed by atoms with van der Waals surface area (Å²) in [5.74, 6) is -0.323. The molecule has 1 fully saturated rings. The monoisotopic (exact) mass is 571 g/mol. The number of benzene rings is 2. The van der Waals surface area contributed by atoms with Gasteiger partial charge < -0.3 is 20.1 Å². The largest absolute Gasteiger partial charge is 0.488 e. The van der Waals surface area contributed by atoms with Gasteiger partial charge in [-0.15, -0.1) is 0 Å². The van der Waals surface area contributed by atoms with Crippen LogP contribution in [0.1, 0.15) is 61.9 Å². The van der Waals surface area contributed by atoms with E-state index in [0.717, 1.165) is 37.7 Å². The first-order chi connectivity index (χ1) is 19.0. The van der Waals surface area contributed by atoms with Crippen LogP contribution >= 0.6 is 0 Å². The maximum atomic E-state index is 13.7. The van der Waals surface area contributed by atoms with Crippen molar-refractivity contribution in [3.63, 3.8) is 0 Å². The number of anilines is 1. The van der Waals surface area contributed by atoms with Crippen LogP contribution in [-0.4, -0.2) is 73.4 Å². The Morgan fingerprint density at radius 2 is 1.82 bits per heavy atom. The number of aliphatic hydroxyl groups is 1. The topological polar surface area (TPSA) is 116 Å². The molecule has 1 heterocycles. The molecule has 0 aromatic heterocycles. The molecular formula is C30H41N3O6S. The Morgan fingerprint density at radius 1 is 1.15 bits per heavy atom. The van der Waals surface area contributed by atoms with Crippen molar-refractivity contribution in [2.24, 2.45) is 11.8 Å². The Bertz CT molecular complexity index is 1310. The fourth-order valence-corrected chi connectivity index (χ4v) is 6.55. The van der Waals surface area contributed by atoms with Gasteiger partial charge in [-0.05, 0) is 57.0 Å². The molecule has 9 nitrogen and oxygen atoms in total. The summed E-state index contributed by atoms with van der Waals surface area (Å²) in [5, 5.41) is 12.9. The van der Waals surface area contributed by atoms with E-state index < -0.39 is 22.2 Å². The van der Waals surface area contributed by atoms with Gasteiger partial charge in [0.15, 0.2) is 0 Å². The number of hydrogen-bond acceptors (Lipinski definition) is 6. The second-order valence-electron chi connectivity index (χ2n) is 11.3. The number of ether oxygens (including phenoxy) is 1. The number of rotatable bonds is 8. The van der Waals surface area contributed by atoms with E-state index in [1.54, 1.807) is 54.3 Å². The van der Waals surface area contributed by atoms with Crippen molar-refractivity contribution in [1.82, 2.24) is 9.21 Å². The van der Waals surface area contributed by atoms with E-state index in [1.807, 2.05) is 13.8 Å². The lowest BCUT2D eigenvalue weighted by Gasteiger charge is -2.38. The molecular weight excluding hydrogens is 530 g/mol. The van der Waals surface area contributed by atoms with Crippen molar-refractivity contribution in [3.8, 4) is 5.75 Å². The predicted octanol–water partition coefficient (Wildman–Crippen LogP) is 4.05. The molecule has 0 saturated heterocycles. The average molecular weight is 572 g/mol. The van der Waals surface area contributed by atoms with Gasteiger partial charge in [-0.1, -0.05) is 43.9 Å². The number of sulfonamides is 1. The van der Waals surface area contributed by atoms with Crippen molar-refractivity contribution in [1.29, 1.82) is 0 Å². The number of carbonyl (C=O) groups is 2. The van der Waals surface area contributed by atoms with E-state index in [0.29, 0.717) is 11.4 Å². The van der Waals surface area contributed by atoms with Gasteiger partial charge in [-0.3, -0.25) is 9.59 Å². The number of likely N-dealkylation sites (N-methyl/N-ethyl adjacent to an activating group) is 1. The van der Waals surface area contributed by atoms with Crippen molar-refractivity contribution in [2.75, 3.05) is 32.1 Å². The Kier molecular flexibility index (Phi) is 9.53. The Labute approximate surface area is 237 Å². The zero-order valence-electron chi connectivity index (χ0n) is 23.8. The standard InChI is InChI=1S/C30H41N3O6S/c1-20-10-13-25(14-11-20)40(37,38)32(4)18-28-21(2)17-33(22(3)19-34)30(36)26-16-24(12-15-27(26)39-28)31-29(35)23-8-6-5-7-9-23/h10-16,21-23,28,34H,5-9,17-19H2,1-4H3,(H,31,35)/t21-,22-,28+/m0/s1. The zero-order chi connectivity index (χ0) is 29.0. The molecule has 0 radical (unpaired) electrons. The highest BCUT2D eigenvalue weighted by Crippen LogP contribution is 2.32. The lowest BCUT2D eigenvalue weighted by molar-refractivity contribution is -0.120. The van der Waals surface area contributed by atoms with E-state index in [1.165, 1.54) is 11.4 Å². The van der Waals surface area contributed by atoms with E-state index in [4.69, 9.17) is 4.74 Å². The lowest BCUT2D eigenvalue weighted by Crippen LogP contribution is -2.50. The number of aliphatic hydroxyl groups excluding tert-OH is 1. The highest BCUT2D eigenvalue weighted by molar-refractivity contribution is 7.89. The smallest absolute Gasteiger partial charge is 0.258 e. The van der Waals surface area contributed by atoms with E-state index in [-0.39, 0.29) is 53.8 Å². The van der Waals surface area contributed by atoms with Gasteiger partial charge in [0.1, 0.15) is 11.9 Å². The molecule has 2 amide bonds. The number of aryl methyl sites for hydroxylation is 1. The molecule has 1 aliphatic heterocycles. The second-order valence-corrected chi connectivity index (χ2v) is 13.3. The van der Waals surface area contributed by atoms with Crippen molar-refractivity contribution in [3.05, 3.63) is 53.6 Å². The lowest BCUT2D eigenvalue weighted by atomic mass is 9.88. The molecule has 40 heavy (non-hydrogen) atoms. The molecule has 0 spiro atoms. The van der Waals surface area contributed by atoms with Gasteiger partial charge in [0.05, 0.1) is 29.7 Å². The van der Waals surface area contributed by atoms with Crippen LogP contribution in [-0.2, 0) is 14.8 Å². The summed E-state index contributed by atoms with van der Waals surface area (Å²) < 4.78 is 34.2. The fourth-order valence-electron chi connectivity index (χ4n) is 5.37. The van der Waals surface area contributed by atoms with Crippen molar-refractivity contribution < 1.29 is 27.9 Å². The van der Waals surface area contributed by atoms with Crippen molar-refractivity contribution >= 4 is 27.5 Å². The molecule has 1 saturated carbocycles. The van der Waals surface area contributed by atoms with Crippen LogP contribution in [0.5, 0.6) is 5.75 Å². The number of hydrogen-bond donors (Lipinski definition) is 2. The minimum atomic E-state index is -3.77. The van der Waals surface area contributed by atoms with Gasteiger partial charge in [0.25, 0.3) is 5.91 Å². The summed E-state index contributed by atoms with van der Waals surface area (Å²) in [7, 11) is -2.25. The minimum Gasteiger partial charge on any atom is -0.488 e. The van der Waals surface area contributed by atoms with Crippen LogP contribution in [0.2, 0.25) is 0 Å². The van der Waals surface area contributed by atoms with Crippen LogP contribution in [0.3, 0.4) is 0 Å². The van der Waals surface area contributed by atoms with Gasteiger partial charge >= 0.3 is 0 Å². The third kappa shape index (κ3) is 6.67. The maximum Gasteiger partial charge on any atom is 0.258 e. The number of fused-ring (bicyclic) bond motifs is 1. The number of carbonyl (C=O) groups excluding carboxylic acids is 2. The first-order valence-electron chi connectivity index (χ1n) is 14.1. The highest BCUT2D eigenvalue weighted by atomic mass is 32.2. The van der Waals surface area contributed by atoms with E-state index in [9.17, 15) is 23.1 Å². The van der Waals surface area contributed by atoms with Gasteiger partial charge in [-0.25, -0.2) is 8.42 Å². The molecule has 2 aliphatic rings. The zero-order valence-corrected chi connectivity index (χ0v) is 24.6. The van der Waals surface area contributed by atoms with Crippen LogP contribution in [0.15, 0.2) is 47.4 Å². The molecule has 0 unspecified atom stereocenters. The Hall–Kier alpha value is -2.95. The molecule has 218 valence electrons. The first-order valence-corrected chi connectivity index (χ1v) is 15.5. The molecule has 3 atom stereocenters. The summed E-state index contributed by atoms with van der Waals surface area (Å²) in [5.41, 5.74) is 1.74. The van der Waals surface area contributed by atoms with Gasteiger partial charge in [0, 0.05) is 31.1 Å². The normalized spacial score (nSPS) is 21.2. The minimum absolute atomic E-state index is 0.0372. The summed E-state index contributed by atoms with van der Waals surface area (Å²) >= 11 is 0. The molecule has 0 bridgehead atoms. The Morgan fingerprint density at radius 3 is 2.48 bits per heavy atom. The van der Waals surface area contributed by atoms with E-state index >= 15 is 0 Å². The third-order valence-corrected chi connectivity index (χ3v) is 9.91. The third-order valence-electron chi connectivity index (χ3n) is 8.07. The molecule has 10 heteroatoms. The maximum absolute atomic E-state index is 13.7. The number of amides is 2. The van der Waals surface area contributed by atoms with Crippen molar-refractivity contribution in [2.45, 2.75) is 69.9 Å². The predicted molar refractivity (Wildman–Crippen MR) is 154 cm³/mol. The first kappa shape index (κ1) is 30.0. The second kappa shape index (κ2) is 12.7. The van der Waals surface area contributed by atoms with E-state index in [2.05, 4.69) is 5.32 Å². The fraction of sp³-hybridized carbons (Fsp3) is 0.533. The average Bonchev–Trinajstić information content (AvgIpc) is 2.95.